The predicted octanol–water partition coefficient (Wildman–Crippen LogP) is 10.2. The van der Waals surface area contributed by atoms with E-state index in [1.165, 1.54) is 0 Å². The van der Waals surface area contributed by atoms with Crippen LogP contribution in [0.2, 0.25) is 0 Å². The van der Waals surface area contributed by atoms with E-state index in [0.717, 1.165) is 78.8 Å². The summed E-state index contributed by atoms with van der Waals surface area (Å²) in [4.78, 5) is 30.6. The van der Waals surface area contributed by atoms with Crippen LogP contribution in [-0.2, 0) is 14.3 Å². The lowest BCUT2D eigenvalue weighted by atomic mass is 9.95. The van der Waals surface area contributed by atoms with Gasteiger partial charge in [0.15, 0.2) is 0 Å². The molecule has 0 aliphatic rings. The van der Waals surface area contributed by atoms with E-state index < -0.39 is 11.7 Å². The Bertz CT molecular complexity index is 932. The summed E-state index contributed by atoms with van der Waals surface area (Å²) in [6, 6.07) is 2.01. The highest BCUT2D eigenvalue weighted by molar-refractivity contribution is 7.14. The molecule has 0 fully saturated rings. The third kappa shape index (κ3) is 13.5. The van der Waals surface area contributed by atoms with Crippen LogP contribution in [0.1, 0.15) is 136 Å². The molecule has 0 aromatic carbocycles. The monoisotopic (exact) mass is 592 g/mol. The summed E-state index contributed by atoms with van der Waals surface area (Å²) in [5.74, 6) is 0.611. The van der Waals surface area contributed by atoms with Crippen molar-refractivity contribution in [2.45, 2.75) is 138 Å². The van der Waals surface area contributed by atoms with E-state index >= 15 is 0 Å². The molecule has 6 nitrogen and oxygen atoms in total. The van der Waals surface area contributed by atoms with E-state index in [1.54, 1.807) is 18.4 Å². The second-order valence-electron chi connectivity index (χ2n) is 11.3. The van der Waals surface area contributed by atoms with Gasteiger partial charge in [-0.3, -0.25) is 4.79 Å². The fourth-order valence-corrected chi connectivity index (χ4v) is 5.67. The summed E-state index contributed by atoms with van der Waals surface area (Å²) in [7, 11) is 1.62. The van der Waals surface area contributed by atoms with Crippen LogP contribution in [0, 0.1) is 5.92 Å². The molecule has 0 spiro atoms. The Hall–Kier alpha value is -2.28. The van der Waals surface area contributed by atoms with Crippen LogP contribution in [-0.4, -0.2) is 37.3 Å². The number of thiophene rings is 1. The lowest BCUT2D eigenvalue weighted by Gasteiger charge is -2.35. The largest absolute Gasteiger partial charge is 0.496 e. The first-order valence-electron chi connectivity index (χ1n) is 15.8. The van der Waals surface area contributed by atoms with Crippen molar-refractivity contribution in [1.82, 2.24) is 5.32 Å². The molecule has 2 amide bonds. The molecule has 1 heterocycles. The zero-order valence-electron chi connectivity index (χ0n) is 27.9. The fraction of sp³-hybridized carbons (Fsp3) is 0.706. The molecule has 1 aromatic heterocycles. The number of carbonyl (C=O) groups excluding carboxylic acids is 2. The molecule has 2 unspecified atom stereocenters. The average molecular weight is 593 g/mol. The Morgan fingerprint density at radius 2 is 1.63 bits per heavy atom. The van der Waals surface area contributed by atoms with Crippen molar-refractivity contribution >= 4 is 40.4 Å². The predicted molar refractivity (Wildman–Crippen MR) is 179 cm³/mol. The van der Waals surface area contributed by atoms with E-state index in [-0.39, 0.29) is 17.9 Å². The highest BCUT2D eigenvalue weighted by Gasteiger charge is 2.33. The van der Waals surface area contributed by atoms with E-state index in [2.05, 4.69) is 52.2 Å². The number of amides is 2. The van der Waals surface area contributed by atoms with Crippen LogP contribution in [0.3, 0.4) is 0 Å². The SMILES string of the molecule is C=C(CCCC)c1cc(N(C(=O)C(CC)CCCC)C(CCC)CCNC(=O)OC(C)(C)C)c(C(=C)OC)s1.CC. The molecule has 236 valence electrons. The number of hydrogen-bond acceptors (Lipinski definition) is 5. The Morgan fingerprint density at radius 3 is 2.15 bits per heavy atom. The minimum absolute atomic E-state index is 0.0709. The first-order valence-corrected chi connectivity index (χ1v) is 16.6. The molecular weight excluding hydrogens is 532 g/mol. The molecule has 1 rings (SSSR count). The molecule has 0 aliphatic carbocycles. The number of carbonyl (C=O) groups is 2. The van der Waals surface area contributed by atoms with Crippen molar-refractivity contribution in [3.8, 4) is 0 Å². The van der Waals surface area contributed by atoms with Gasteiger partial charge in [0.2, 0.25) is 5.91 Å². The maximum Gasteiger partial charge on any atom is 0.407 e. The van der Waals surface area contributed by atoms with Gasteiger partial charge in [-0.2, -0.15) is 0 Å². The third-order valence-electron chi connectivity index (χ3n) is 6.77. The van der Waals surface area contributed by atoms with Crippen molar-refractivity contribution in [1.29, 1.82) is 0 Å². The number of hydrogen-bond donors (Lipinski definition) is 1. The number of alkyl carbamates (subject to hydrolysis) is 1. The minimum Gasteiger partial charge on any atom is -0.496 e. The normalized spacial score (nSPS) is 12.4. The number of allylic oxidation sites excluding steroid dienone is 1. The number of unbranched alkanes of at least 4 members (excludes halogenated alkanes) is 2. The van der Waals surface area contributed by atoms with Gasteiger partial charge in [-0.15, -0.1) is 11.3 Å². The van der Waals surface area contributed by atoms with Crippen molar-refractivity contribution in [2.75, 3.05) is 18.6 Å². The van der Waals surface area contributed by atoms with Crippen molar-refractivity contribution < 1.29 is 19.1 Å². The minimum atomic E-state index is -0.564. The molecular formula is C34H60N2O4S. The molecule has 0 aliphatic heterocycles. The Kier molecular flexibility index (Phi) is 19.4. The highest BCUT2D eigenvalue weighted by Crippen LogP contribution is 2.41. The zero-order chi connectivity index (χ0) is 31.6. The number of nitrogens with zero attached hydrogens (tertiary/aromatic N) is 1. The summed E-state index contributed by atoms with van der Waals surface area (Å²) < 4.78 is 11.0. The van der Waals surface area contributed by atoms with Gasteiger partial charge in [-0.25, -0.2) is 4.79 Å². The molecule has 0 saturated heterocycles. The summed E-state index contributed by atoms with van der Waals surface area (Å²) in [6.07, 6.45) is 8.67. The standard InChI is InChI=1S/C32H54N2O4S.C2H6/c1-11-15-18-23(5)28-22-27(29(39-28)24(6)37-10)34(30(35)25(14-4)19-16-12-2)26(17-13-3)20-21-33-31(36)38-32(7,8)9;1-2/h22,25-26H,5-6,11-21H2,1-4,7-10H3,(H,33,36);1-2H3. The van der Waals surface area contributed by atoms with E-state index in [9.17, 15) is 9.59 Å². The van der Waals surface area contributed by atoms with Crippen LogP contribution in [0.5, 0.6) is 0 Å². The van der Waals surface area contributed by atoms with Crippen LogP contribution in [0.15, 0.2) is 19.2 Å². The smallest absolute Gasteiger partial charge is 0.407 e. The molecule has 0 bridgehead atoms. The maximum atomic E-state index is 14.3. The number of nitrogens with one attached hydrogen (secondary N) is 1. The van der Waals surface area contributed by atoms with Gasteiger partial charge in [0.1, 0.15) is 11.4 Å². The number of ether oxygens (including phenoxy) is 2. The number of methoxy groups -OCH3 is 1. The Labute approximate surface area is 256 Å². The Balaban J connectivity index is 0.00000781. The Morgan fingerprint density at radius 1 is 1.00 bits per heavy atom. The number of rotatable bonds is 18. The molecule has 2 atom stereocenters. The van der Waals surface area contributed by atoms with Crippen molar-refractivity contribution in [3.05, 3.63) is 29.0 Å². The molecule has 41 heavy (non-hydrogen) atoms. The van der Waals surface area contributed by atoms with Gasteiger partial charge >= 0.3 is 6.09 Å². The maximum absolute atomic E-state index is 14.3. The summed E-state index contributed by atoms with van der Waals surface area (Å²) in [5.41, 5.74) is 1.35. The van der Waals surface area contributed by atoms with E-state index in [4.69, 9.17) is 9.47 Å². The summed E-state index contributed by atoms with van der Waals surface area (Å²) >= 11 is 1.60. The zero-order valence-corrected chi connectivity index (χ0v) is 28.7. The molecule has 7 heteroatoms. The first kappa shape index (κ1) is 38.7. The average Bonchev–Trinajstić information content (AvgIpc) is 3.37. The quantitative estimate of drug-likeness (QED) is 0.172. The van der Waals surface area contributed by atoms with Gasteiger partial charge in [0.05, 0.1) is 17.7 Å². The number of anilines is 1. The van der Waals surface area contributed by atoms with E-state index in [0.29, 0.717) is 18.7 Å². The summed E-state index contributed by atoms with van der Waals surface area (Å²) in [5, 5.41) is 2.89. The van der Waals surface area contributed by atoms with Gasteiger partial charge in [0, 0.05) is 23.4 Å². The van der Waals surface area contributed by atoms with Crippen molar-refractivity contribution in [2.24, 2.45) is 5.92 Å². The molecule has 1 aromatic rings. The van der Waals surface area contributed by atoms with Gasteiger partial charge in [-0.05, 0) is 70.9 Å². The topological polar surface area (TPSA) is 67.9 Å². The summed E-state index contributed by atoms with van der Waals surface area (Å²) in [6.45, 7) is 27.0. The van der Waals surface area contributed by atoms with Crippen LogP contribution in [0.4, 0.5) is 10.5 Å². The second-order valence-corrected chi connectivity index (χ2v) is 12.3. The van der Waals surface area contributed by atoms with E-state index in [1.807, 2.05) is 39.5 Å². The lowest BCUT2D eigenvalue weighted by Crippen LogP contribution is -2.46. The van der Waals surface area contributed by atoms with Crippen LogP contribution < -0.4 is 10.2 Å². The van der Waals surface area contributed by atoms with Crippen molar-refractivity contribution in [3.63, 3.8) is 0 Å². The molecule has 0 radical (unpaired) electrons. The third-order valence-corrected chi connectivity index (χ3v) is 8.04. The second kappa shape index (κ2) is 20.6. The van der Waals surface area contributed by atoms with Gasteiger partial charge in [0.25, 0.3) is 0 Å². The molecule has 1 N–H and O–H groups in total. The molecule has 0 saturated carbocycles. The van der Waals surface area contributed by atoms with Crippen LogP contribution in [0.25, 0.3) is 11.3 Å². The van der Waals surface area contributed by atoms with Crippen LogP contribution >= 0.6 is 11.3 Å². The van der Waals surface area contributed by atoms with Gasteiger partial charge < -0.3 is 19.7 Å². The lowest BCUT2D eigenvalue weighted by molar-refractivity contribution is -0.123. The van der Waals surface area contributed by atoms with Gasteiger partial charge in [-0.1, -0.05) is 80.4 Å². The highest BCUT2D eigenvalue weighted by atomic mass is 32.1. The first-order chi connectivity index (χ1) is 19.4. The fourth-order valence-electron chi connectivity index (χ4n) is 4.58.